The molecule has 2 aromatic rings. The molecule has 0 saturated carbocycles. The van der Waals surface area contributed by atoms with Crippen LogP contribution in [0.25, 0.3) is 0 Å². The summed E-state index contributed by atoms with van der Waals surface area (Å²) < 4.78 is 13.4. The van der Waals surface area contributed by atoms with Crippen molar-refractivity contribution in [2.24, 2.45) is 0 Å². The summed E-state index contributed by atoms with van der Waals surface area (Å²) in [4.78, 5) is 1.12. The smallest absolute Gasteiger partial charge is 0.127 e. The standard InChI is InChI=1S/C15H14ClFOS/c1-9-7-12(13(16)8-14(9)17)15(18)10-3-5-11(19-2)6-4-10/h3-8,15,18H,1-2H3. The first kappa shape index (κ1) is 14.4. The number of halogens is 2. The van der Waals surface area contributed by atoms with Gasteiger partial charge in [0.05, 0.1) is 0 Å². The van der Waals surface area contributed by atoms with Crippen LogP contribution in [0.4, 0.5) is 4.39 Å². The van der Waals surface area contributed by atoms with Crippen LogP contribution in [0.15, 0.2) is 41.3 Å². The molecule has 100 valence electrons. The minimum atomic E-state index is -0.845. The number of rotatable bonds is 3. The molecule has 2 rings (SSSR count). The predicted molar refractivity (Wildman–Crippen MR) is 78.4 cm³/mol. The van der Waals surface area contributed by atoms with Gasteiger partial charge in [0.2, 0.25) is 0 Å². The Balaban J connectivity index is 2.37. The second kappa shape index (κ2) is 5.95. The molecule has 2 aromatic carbocycles. The van der Waals surface area contributed by atoms with Crippen LogP contribution < -0.4 is 0 Å². The SMILES string of the molecule is CSc1ccc(C(O)c2cc(C)c(F)cc2Cl)cc1. The van der Waals surface area contributed by atoms with Crippen LogP contribution in [0.1, 0.15) is 22.8 Å². The zero-order valence-corrected chi connectivity index (χ0v) is 12.2. The van der Waals surface area contributed by atoms with Crippen molar-refractivity contribution in [3.63, 3.8) is 0 Å². The van der Waals surface area contributed by atoms with Gasteiger partial charge in [-0.3, -0.25) is 0 Å². The van der Waals surface area contributed by atoms with Crippen LogP contribution in [0.3, 0.4) is 0 Å². The Morgan fingerprint density at radius 1 is 1.21 bits per heavy atom. The van der Waals surface area contributed by atoms with E-state index in [4.69, 9.17) is 11.6 Å². The van der Waals surface area contributed by atoms with Crippen LogP contribution in [0, 0.1) is 12.7 Å². The second-order valence-electron chi connectivity index (χ2n) is 4.30. The first-order valence-electron chi connectivity index (χ1n) is 5.80. The van der Waals surface area contributed by atoms with Crippen LogP contribution >= 0.6 is 23.4 Å². The van der Waals surface area contributed by atoms with E-state index < -0.39 is 6.10 Å². The molecular weight excluding hydrogens is 283 g/mol. The van der Waals surface area contributed by atoms with E-state index in [0.29, 0.717) is 11.1 Å². The molecule has 0 fully saturated rings. The van der Waals surface area contributed by atoms with E-state index in [0.717, 1.165) is 10.5 Å². The van der Waals surface area contributed by atoms with Crippen molar-refractivity contribution in [3.05, 3.63) is 63.9 Å². The molecule has 0 saturated heterocycles. The lowest BCUT2D eigenvalue weighted by molar-refractivity contribution is 0.220. The molecule has 0 aliphatic carbocycles. The fourth-order valence-corrected chi connectivity index (χ4v) is 2.52. The molecule has 0 amide bonds. The van der Waals surface area contributed by atoms with Gasteiger partial charge in [-0.25, -0.2) is 4.39 Å². The minimum absolute atomic E-state index is 0.240. The molecule has 0 radical (unpaired) electrons. The summed E-state index contributed by atoms with van der Waals surface area (Å²) in [5.74, 6) is -0.362. The normalized spacial score (nSPS) is 12.5. The Morgan fingerprint density at radius 2 is 1.84 bits per heavy atom. The van der Waals surface area contributed by atoms with Crippen molar-refractivity contribution in [1.82, 2.24) is 0 Å². The van der Waals surface area contributed by atoms with Crippen molar-refractivity contribution < 1.29 is 9.50 Å². The van der Waals surface area contributed by atoms with Gasteiger partial charge in [0, 0.05) is 15.5 Å². The molecular formula is C15H14ClFOS. The van der Waals surface area contributed by atoms with Crippen molar-refractivity contribution in [2.75, 3.05) is 6.26 Å². The first-order chi connectivity index (χ1) is 9.02. The monoisotopic (exact) mass is 296 g/mol. The molecule has 0 bridgehead atoms. The average molecular weight is 297 g/mol. The largest absolute Gasteiger partial charge is 0.384 e. The number of thioether (sulfide) groups is 1. The highest BCUT2D eigenvalue weighted by atomic mass is 35.5. The number of aryl methyl sites for hydroxylation is 1. The molecule has 0 aliphatic rings. The lowest BCUT2D eigenvalue weighted by atomic mass is 10.00. The maximum Gasteiger partial charge on any atom is 0.127 e. The fraction of sp³-hybridized carbons (Fsp3) is 0.200. The Morgan fingerprint density at radius 3 is 2.42 bits per heavy atom. The van der Waals surface area contributed by atoms with E-state index in [-0.39, 0.29) is 10.8 Å². The Bertz CT molecular complexity index is 583. The maximum atomic E-state index is 13.4. The highest BCUT2D eigenvalue weighted by Gasteiger charge is 2.16. The number of hydrogen-bond acceptors (Lipinski definition) is 2. The van der Waals surface area contributed by atoms with Gasteiger partial charge in [-0.1, -0.05) is 23.7 Å². The summed E-state index contributed by atoms with van der Waals surface area (Å²) in [6.45, 7) is 1.65. The zero-order chi connectivity index (χ0) is 14.0. The highest BCUT2D eigenvalue weighted by molar-refractivity contribution is 7.98. The lowest BCUT2D eigenvalue weighted by Gasteiger charge is -2.14. The Hall–Kier alpha value is -1.03. The van der Waals surface area contributed by atoms with Crippen LogP contribution in [0.5, 0.6) is 0 Å². The van der Waals surface area contributed by atoms with Crippen LogP contribution in [-0.2, 0) is 0 Å². The van der Waals surface area contributed by atoms with Gasteiger partial charge in [0.1, 0.15) is 11.9 Å². The van der Waals surface area contributed by atoms with Gasteiger partial charge >= 0.3 is 0 Å². The van der Waals surface area contributed by atoms with E-state index >= 15 is 0 Å². The topological polar surface area (TPSA) is 20.2 Å². The molecule has 0 heterocycles. The van der Waals surface area contributed by atoms with Gasteiger partial charge in [-0.15, -0.1) is 11.8 Å². The summed E-state index contributed by atoms with van der Waals surface area (Å²) in [6, 6.07) is 10.4. The van der Waals surface area contributed by atoms with Gasteiger partial charge < -0.3 is 5.11 Å². The minimum Gasteiger partial charge on any atom is -0.384 e. The number of hydrogen-bond donors (Lipinski definition) is 1. The maximum absolute atomic E-state index is 13.4. The van der Waals surface area contributed by atoms with Gasteiger partial charge in [0.15, 0.2) is 0 Å². The molecule has 1 nitrogen and oxygen atoms in total. The van der Waals surface area contributed by atoms with Gasteiger partial charge in [-0.2, -0.15) is 0 Å². The quantitative estimate of drug-likeness (QED) is 0.836. The summed E-state index contributed by atoms with van der Waals surface area (Å²) in [5.41, 5.74) is 1.74. The Labute approximate surface area is 121 Å². The van der Waals surface area contributed by atoms with Crippen molar-refractivity contribution in [2.45, 2.75) is 17.9 Å². The molecule has 19 heavy (non-hydrogen) atoms. The molecule has 1 atom stereocenters. The number of aliphatic hydroxyl groups is 1. The third kappa shape index (κ3) is 3.11. The van der Waals surface area contributed by atoms with Crippen molar-refractivity contribution in [3.8, 4) is 0 Å². The summed E-state index contributed by atoms with van der Waals surface area (Å²) in [5, 5.41) is 10.6. The molecule has 0 spiro atoms. The lowest BCUT2D eigenvalue weighted by Crippen LogP contribution is -2.02. The number of aliphatic hydroxyl groups excluding tert-OH is 1. The van der Waals surface area contributed by atoms with E-state index in [2.05, 4.69) is 0 Å². The van der Waals surface area contributed by atoms with E-state index in [1.165, 1.54) is 6.07 Å². The van der Waals surface area contributed by atoms with Crippen molar-refractivity contribution in [1.29, 1.82) is 0 Å². The van der Waals surface area contributed by atoms with E-state index in [9.17, 15) is 9.50 Å². The van der Waals surface area contributed by atoms with E-state index in [1.807, 2.05) is 30.5 Å². The zero-order valence-electron chi connectivity index (χ0n) is 10.7. The molecule has 1 N–H and O–H groups in total. The van der Waals surface area contributed by atoms with Crippen molar-refractivity contribution >= 4 is 23.4 Å². The second-order valence-corrected chi connectivity index (χ2v) is 5.59. The van der Waals surface area contributed by atoms with Gasteiger partial charge in [0.25, 0.3) is 0 Å². The summed E-state index contributed by atoms with van der Waals surface area (Å²) in [7, 11) is 0. The average Bonchev–Trinajstić information content (AvgIpc) is 2.42. The van der Waals surface area contributed by atoms with E-state index in [1.54, 1.807) is 24.8 Å². The highest BCUT2D eigenvalue weighted by Crippen LogP contribution is 2.31. The molecule has 0 aliphatic heterocycles. The van der Waals surface area contributed by atoms with Crippen LogP contribution in [-0.4, -0.2) is 11.4 Å². The molecule has 0 aromatic heterocycles. The molecule has 4 heteroatoms. The summed E-state index contributed by atoms with van der Waals surface area (Å²) >= 11 is 7.64. The van der Waals surface area contributed by atoms with Gasteiger partial charge in [-0.05, 0) is 48.6 Å². The Kier molecular flexibility index (Phi) is 4.50. The molecule has 1 unspecified atom stereocenters. The number of benzene rings is 2. The van der Waals surface area contributed by atoms with Crippen LogP contribution in [0.2, 0.25) is 5.02 Å². The third-order valence-corrected chi connectivity index (χ3v) is 4.07. The summed E-state index contributed by atoms with van der Waals surface area (Å²) in [6.07, 6.45) is 1.15. The third-order valence-electron chi connectivity index (χ3n) is 3.00. The fourth-order valence-electron chi connectivity index (χ4n) is 1.85. The first-order valence-corrected chi connectivity index (χ1v) is 7.40. The predicted octanol–water partition coefficient (Wildman–Crippen LogP) is 4.59.